The average molecular weight is 340 g/mol. The minimum absolute atomic E-state index is 0.517. The molecule has 1 aromatic rings. The summed E-state index contributed by atoms with van der Waals surface area (Å²) in [5.41, 5.74) is 0.585. The third-order valence-corrected chi connectivity index (χ3v) is 4.25. The van der Waals surface area contributed by atoms with Crippen LogP contribution in [0.4, 0.5) is 5.69 Å². The first-order valence-electron chi connectivity index (χ1n) is 8.90. The van der Waals surface area contributed by atoms with Crippen LogP contribution in [-0.2, 0) is 4.79 Å². The molecule has 0 heterocycles. The zero-order valence-electron chi connectivity index (χ0n) is 14.3. The Hall–Kier alpha value is -1.22. The number of amides is 1. The minimum Gasteiger partial charge on any atom is -0.494 e. The molecule has 0 spiro atoms. The van der Waals surface area contributed by atoms with Crippen LogP contribution in [0, 0.1) is 0 Å². The van der Waals surface area contributed by atoms with Crippen LogP contribution in [-0.4, -0.2) is 13.0 Å². The summed E-state index contributed by atoms with van der Waals surface area (Å²) in [7, 11) is 0. The van der Waals surface area contributed by atoms with Gasteiger partial charge in [0, 0.05) is 6.07 Å². The monoisotopic (exact) mass is 339 g/mol. The molecule has 1 aromatic carbocycles. The molecule has 1 N–H and O–H groups in total. The van der Waals surface area contributed by atoms with Crippen molar-refractivity contribution in [2.45, 2.75) is 71.1 Å². The highest BCUT2D eigenvalue weighted by Crippen LogP contribution is 2.26. The lowest BCUT2D eigenvalue weighted by atomic mass is 10.1. The van der Waals surface area contributed by atoms with Gasteiger partial charge in [0.1, 0.15) is 5.75 Å². The molecule has 23 heavy (non-hydrogen) atoms. The maximum absolute atomic E-state index is 10.5. The number of carbonyl (C=O) groups is 1. The van der Waals surface area contributed by atoms with Crippen LogP contribution < -0.4 is 10.1 Å². The van der Waals surface area contributed by atoms with Crippen LogP contribution in [0.15, 0.2) is 18.2 Å². The van der Waals surface area contributed by atoms with Crippen LogP contribution in [0.1, 0.15) is 71.1 Å². The van der Waals surface area contributed by atoms with Gasteiger partial charge < -0.3 is 10.1 Å². The predicted octanol–water partition coefficient (Wildman–Crippen LogP) is 6.21. The maximum atomic E-state index is 10.5. The van der Waals surface area contributed by atoms with E-state index in [9.17, 15) is 4.79 Å². The second-order valence-electron chi connectivity index (χ2n) is 5.93. The molecule has 0 saturated carbocycles. The molecule has 4 heteroatoms. The van der Waals surface area contributed by atoms with Gasteiger partial charge in [0.25, 0.3) is 0 Å². The van der Waals surface area contributed by atoms with Gasteiger partial charge in [0.15, 0.2) is 0 Å². The number of rotatable bonds is 14. The highest BCUT2D eigenvalue weighted by Gasteiger charge is 2.02. The van der Waals surface area contributed by atoms with Gasteiger partial charge in [-0.25, -0.2) is 0 Å². The normalized spacial score (nSPS) is 10.5. The van der Waals surface area contributed by atoms with E-state index in [0.717, 1.165) is 12.2 Å². The number of halogens is 1. The van der Waals surface area contributed by atoms with Gasteiger partial charge in [-0.1, -0.05) is 76.3 Å². The molecule has 0 atom stereocenters. The van der Waals surface area contributed by atoms with E-state index in [2.05, 4.69) is 12.2 Å². The number of ether oxygens (including phenoxy) is 1. The first kappa shape index (κ1) is 19.8. The Balaban J connectivity index is 2.02. The lowest BCUT2D eigenvalue weighted by Crippen LogP contribution is -1.99. The number of unbranched alkanes of at least 4 members (excludes halogenated alkanes) is 9. The fraction of sp³-hybridized carbons (Fsp3) is 0.632. The molecule has 1 rings (SSSR count). The summed E-state index contributed by atoms with van der Waals surface area (Å²) in [6.45, 7) is 2.96. The van der Waals surface area contributed by atoms with E-state index in [-0.39, 0.29) is 0 Å². The molecule has 0 bridgehead atoms. The summed E-state index contributed by atoms with van der Waals surface area (Å²) in [6.07, 6.45) is 13.8. The van der Waals surface area contributed by atoms with Gasteiger partial charge in [0.2, 0.25) is 6.41 Å². The van der Waals surface area contributed by atoms with Gasteiger partial charge in [-0.3, -0.25) is 4.79 Å². The topological polar surface area (TPSA) is 38.3 Å². The first-order valence-corrected chi connectivity index (χ1v) is 9.28. The van der Waals surface area contributed by atoms with E-state index in [4.69, 9.17) is 16.3 Å². The molecule has 0 fully saturated rings. The Morgan fingerprint density at radius 1 is 1.00 bits per heavy atom. The molecule has 0 aromatic heterocycles. The number of carbonyl (C=O) groups excluding carboxylic acids is 1. The van der Waals surface area contributed by atoms with Crippen molar-refractivity contribution in [3.8, 4) is 5.75 Å². The second kappa shape index (κ2) is 13.2. The van der Waals surface area contributed by atoms with Gasteiger partial charge in [-0.2, -0.15) is 0 Å². The summed E-state index contributed by atoms with van der Waals surface area (Å²) in [5, 5.41) is 3.08. The lowest BCUT2D eigenvalue weighted by molar-refractivity contribution is -0.105. The van der Waals surface area contributed by atoms with Crippen molar-refractivity contribution >= 4 is 23.7 Å². The standard InChI is InChI=1S/C19H30ClNO2/c1-2-3-4-5-6-7-8-9-10-11-14-23-17-12-13-18(20)19(15-17)21-16-22/h12-13,15-16H,2-11,14H2,1H3,(H,21,22). The fourth-order valence-corrected chi connectivity index (χ4v) is 2.72. The predicted molar refractivity (Wildman–Crippen MR) is 98.5 cm³/mol. The molecular formula is C19H30ClNO2. The lowest BCUT2D eigenvalue weighted by Gasteiger charge is -2.09. The summed E-state index contributed by atoms with van der Waals surface area (Å²) < 4.78 is 5.71. The number of anilines is 1. The Kier molecular flexibility index (Phi) is 11.4. The Bertz CT molecular complexity index is 437. The molecule has 0 unspecified atom stereocenters. The largest absolute Gasteiger partial charge is 0.494 e. The van der Waals surface area contributed by atoms with Gasteiger partial charge in [0.05, 0.1) is 17.3 Å². The van der Waals surface area contributed by atoms with E-state index in [0.29, 0.717) is 23.7 Å². The smallest absolute Gasteiger partial charge is 0.211 e. The molecule has 0 radical (unpaired) electrons. The van der Waals surface area contributed by atoms with Crippen molar-refractivity contribution in [2.75, 3.05) is 11.9 Å². The Morgan fingerprint density at radius 3 is 2.22 bits per heavy atom. The van der Waals surface area contributed by atoms with Crippen LogP contribution in [0.2, 0.25) is 5.02 Å². The molecule has 1 amide bonds. The summed E-state index contributed by atoms with van der Waals surface area (Å²) >= 11 is 5.97. The number of hydrogen-bond donors (Lipinski definition) is 1. The zero-order valence-corrected chi connectivity index (χ0v) is 15.0. The van der Waals surface area contributed by atoms with Crippen LogP contribution in [0.5, 0.6) is 5.75 Å². The van der Waals surface area contributed by atoms with Gasteiger partial charge >= 0.3 is 0 Å². The van der Waals surface area contributed by atoms with Crippen molar-refractivity contribution in [3.05, 3.63) is 23.2 Å². The van der Waals surface area contributed by atoms with E-state index in [1.807, 2.05) is 6.07 Å². The van der Waals surface area contributed by atoms with Crippen LogP contribution in [0.25, 0.3) is 0 Å². The molecule has 0 saturated heterocycles. The summed E-state index contributed by atoms with van der Waals surface area (Å²) in [6, 6.07) is 5.32. The van der Waals surface area contributed by atoms with Gasteiger partial charge in [-0.05, 0) is 18.6 Å². The Morgan fingerprint density at radius 2 is 1.61 bits per heavy atom. The van der Waals surface area contributed by atoms with Crippen molar-refractivity contribution in [1.29, 1.82) is 0 Å². The van der Waals surface area contributed by atoms with Crippen molar-refractivity contribution in [3.63, 3.8) is 0 Å². The van der Waals surface area contributed by atoms with E-state index < -0.39 is 0 Å². The maximum Gasteiger partial charge on any atom is 0.211 e. The van der Waals surface area contributed by atoms with Gasteiger partial charge in [-0.15, -0.1) is 0 Å². The quantitative estimate of drug-likeness (QED) is 0.323. The average Bonchev–Trinajstić information content (AvgIpc) is 2.55. The third kappa shape index (κ3) is 9.50. The first-order chi connectivity index (χ1) is 11.3. The summed E-state index contributed by atoms with van der Waals surface area (Å²) in [4.78, 5) is 10.5. The van der Waals surface area contributed by atoms with Crippen LogP contribution >= 0.6 is 11.6 Å². The minimum atomic E-state index is 0.517. The molecule has 0 aliphatic rings. The highest BCUT2D eigenvalue weighted by atomic mass is 35.5. The van der Waals surface area contributed by atoms with Crippen molar-refractivity contribution < 1.29 is 9.53 Å². The number of benzene rings is 1. The highest BCUT2D eigenvalue weighted by molar-refractivity contribution is 6.33. The molecular weight excluding hydrogens is 310 g/mol. The molecule has 3 nitrogen and oxygen atoms in total. The van der Waals surface area contributed by atoms with Crippen molar-refractivity contribution in [1.82, 2.24) is 0 Å². The molecule has 0 aliphatic heterocycles. The summed E-state index contributed by atoms with van der Waals surface area (Å²) in [5.74, 6) is 0.745. The zero-order chi connectivity index (χ0) is 16.8. The number of nitrogens with one attached hydrogen (secondary N) is 1. The fourth-order valence-electron chi connectivity index (χ4n) is 2.55. The third-order valence-electron chi connectivity index (χ3n) is 3.92. The van der Waals surface area contributed by atoms with E-state index >= 15 is 0 Å². The van der Waals surface area contributed by atoms with E-state index in [1.165, 1.54) is 57.8 Å². The number of hydrogen-bond acceptors (Lipinski definition) is 2. The van der Waals surface area contributed by atoms with E-state index in [1.54, 1.807) is 12.1 Å². The second-order valence-corrected chi connectivity index (χ2v) is 6.34. The SMILES string of the molecule is CCCCCCCCCCCCOc1ccc(Cl)c(NC=O)c1. The Labute approximate surface area is 145 Å². The van der Waals surface area contributed by atoms with Crippen LogP contribution in [0.3, 0.4) is 0 Å². The van der Waals surface area contributed by atoms with Crippen molar-refractivity contribution in [2.24, 2.45) is 0 Å². The molecule has 130 valence electrons. The molecule has 0 aliphatic carbocycles.